The van der Waals surface area contributed by atoms with Gasteiger partial charge in [-0.25, -0.2) is 0 Å². The van der Waals surface area contributed by atoms with E-state index in [1.54, 1.807) is 45.4 Å². The van der Waals surface area contributed by atoms with Crippen LogP contribution < -0.4 is 14.2 Å². The fraction of sp³-hybridized carbons (Fsp3) is 0.286. The third-order valence-corrected chi connectivity index (χ3v) is 3.77. The number of methoxy groups -OCH3 is 2. The molecule has 0 radical (unpaired) electrons. The van der Waals surface area contributed by atoms with Crippen molar-refractivity contribution in [3.8, 4) is 29.6 Å². The molecule has 1 atom stereocenters. The van der Waals surface area contributed by atoms with Gasteiger partial charge in [0.05, 0.1) is 20.6 Å². The third kappa shape index (κ3) is 4.93. The van der Waals surface area contributed by atoms with E-state index in [1.807, 2.05) is 18.2 Å². The molecule has 2 aromatic rings. The molecule has 0 aromatic heterocycles. The largest absolute Gasteiger partial charge is 0.493 e. The SMILES string of the molecule is C#CCOc1ccccc1C(C)OC(=O)Cc1ccc(OC)c(OC)c1. The summed E-state index contributed by atoms with van der Waals surface area (Å²) >= 11 is 0. The first-order valence-corrected chi connectivity index (χ1v) is 8.14. The van der Waals surface area contributed by atoms with Gasteiger partial charge in [-0.15, -0.1) is 6.42 Å². The molecular formula is C21H22O5. The van der Waals surface area contributed by atoms with Gasteiger partial charge in [-0.1, -0.05) is 30.2 Å². The molecular weight excluding hydrogens is 332 g/mol. The van der Waals surface area contributed by atoms with Crippen molar-refractivity contribution in [3.63, 3.8) is 0 Å². The van der Waals surface area contributed by atoms with Gasteiger partial charge in [0.25, 0.3) is 0 Å². The Bertz CT molecular complexity index is 791. The number of rotatable bonds is 8. The predicted molar refractivity (Wildman–Crippen MR) is 98.5 cm³/mol. The molecule has 0 saturated carbocycles. The topological polar surface area (TPSA) is 54.0 Å². The van der Waals surface area contributed by atoms with Crippen molar-refractivity contribution in [2.24, 2.45) is 0 Å². The molecule has 0 bridgehead atoms. The molecule has 0 aliphatic carbocycles. The summed E-state index contributed by atoms with van der Waals surface area (Å²) in [5.41, 5.74) is 1.54. The van der Waals surface area contributed by atoms with E-state index in [1.165, 1.54) is 0 Å². The van der Waals surface area contributed by atoms with Crippen molar-refractivity contribution in [2.75, 3.05) is 20.8 Å². The number of carbonyl (C=O) groups is 1. The van der Waals surface area contributed by atoms with E-state index in [4.69, 9.17) is 25.4 Å². The van der Waals surface area contributed by atoms with Gasteiger partial charge in [0.2, 0.25) is 0 Å². The maximum Gasteiger partial charge on any atom is 0.310 e. The fourth-order valence-electron chi connectivity index (χ4n) is 2.53. The highest BCUT2D eigenvalue weighted by Gasteiger charge is 2.17. The van der Waals surface area contributed by atoms with Gasteiger partial charge >= 0.3 is 5.97 Å². The summed E-state index contributed by atoms with van der Waals surface area (Å²) in [6.45, 7) is 1.95. The van der Waals surface area contributed by atoms with Crippen LogP contribution in [-0.4, -0.2) is 26.8 Å². The molecule has 0 spiro atoms. The Morgan fingerprint density at radius 2 is 1.81 bits per heavy atom. The molecule has 0 aliphatic heterocycles. The van der Waals surface area contributed by atoms with Gasteiger partial charge in [-0.2, -0.15) is 0 Å². The molecule has 136 valence electrons. The number of hydrogen-bond donors (Lipinski definition) is 0. The van der Waals surface area contributed by atoms with Crippen LogP contribution in [0.2, 0.25) is 0 Å². The highest BCUT2D eigenvalue weighted by atomic mass is 16.5. The molecule has 0 saturated heterocycles. The van der Waals surface area contributed by atoms with Gasteiger partial charge in [0, 0.05) is 5.56 Å². The van der Waals surface area contributed by atoms with E-state index in [0.29, 0.717) is 17.2 Å². The summed E-state index contributed by atoms with van der Waals surface area (Å²) in [5, 5.41) is 0. The van der Waals surface area contributed by atoms with E-state index in [0.717, 1.165) is 11.1 Å². The molecule has 2 rings (SSSR count). The van der Waals surface area contributed by atoms with Crippen LogP contribution in [0.1, 0.15) is 24.2 Å². The van der Waals surface area contributed by atoms with Crippen LogP contribution in [0.25, 0.3) is 0 Å². The zero-order valence-corrected chi connectivity index (χ0v) is 15.2. The third-order valence-electron chi connectivity index (χ3n) is 3.77. The fourth-order valence-corrected chi connectivity index (χ4v) is 2.53. The lowest BCUT2D eigenvalue weighted by Gasteiger charge is -2.17. The number of esters is 1. The average molecular weight is 354 g/mol. The van der Waals surface area contributed by atoms with Gasteiger partial charge in [0.15, 0.2) is 11.5 Å². The maximum absolute atomic E-state index is 12.3. The molecule has 1 unspecified atom stereocenters. The van der Waals surface area contributed by atoms with E-state index in [2.05, 4.69) is 5.92 Å². The van der Waals surface area contributed by atoms with E-state index in [-0.39, 0.29) is 19.0 Å². The molecule has 0 amide bonds. The zero-order valence-electron chi connectivity index (χ0n) is 15.2. The molecule has 2 aromatic carbocycles. The Morgan fingerprint density at radius 3 is 2.50 bits per heavy atom. The molecule has 5 nitrogen and oxygen atoms in total. The first kappa shape index (κ1) is 19.2. The zero-order chi connectivity index (χ0) is 18.9. The Labute approximate surface area is 153 Å². The Kier molecular flexibility index (Phi) is 6.92. The smallest absolute Gasteiger partial charge is 0.310 e. The minimum absolute atomic E-state index is 0.123. The Morgan fingerprint density at radius 1 is 1.08 bits per heavy atom. The van der Waals surface area contributed by atoms with Crippen molar-refractivity contribution < 1.29 is 23.7 Å². The quantitative estimate of drug-likeness (QED) is 0.536. The monoisotopic (exact) mass is 354 g/mol. The second-order valence-corrected chi connectivity index (χ2v) is 5.53. The van der Waals surface area contributed by atoms with Crippen LogP contribution in [-0.2, 0) is 16.0 Å². The second kappa shape index (κ2) is 9.38. The maximum atomic E-state index is 12.3. The first-order chi connectivity index (χ1) is 12.6. The molecule has 5 heteroatoms. The molecule has 0 aliphatic rings. The minimum Gasteiger partial charge on any atom is -0.493 e. The summed E-state index contributed by atoms with van der Waals surface area (Å²) in [4.78, 5) is 12.3. The van der Waals surface area contributed by atoms with Crippen LogP contribution >= 0.6 is 0 Å². The Hall–Kier alpha value is -3.13. The van der Waals surface area contributed by atoms with Crippen LogP contribution in [0.5, 0.6) is 17.2 Å². The van der Waals surface area contributed by atoms with Crippen LogP contribution in [0.3, 0.4) is 0 Å². The molecule has 0 fully saturated rings. The molecule has 0 heterocycles. The van der Waals surface area contributed by atoms with Crippen molar-refractivity contribution in [1.29, 1.82) is 0 Å². The number of benzene rings is 2. The summed E-state index contributed by atoms with van der Waals surface area (Å²) in [6.07, 6.45) is 4.90. The summed E-state index contributed by atoms with van der Waals surface area (Å²) in [7, 11) is 3.11. The first-order valence-electron chi connectivity index (χ1n) is 8.14. The van der Waals surface area contributed by atoms with Gasteiger partial charge in [-0.05, 0) is 30.7 Å². The van der Waals surface area contributed by atoms with Crippen LogP contribution in [0.15, 0.2) is 42.5 Å². The number of ether oxygens (including phenoxy) is 4. The average Bonchev–Trinajstić information content (AvgIpc) is 2.66. The van der Waals surface area contributed by atoms with E-state index in [9.17, 15) is 4.79 Å². The predicted octanol–water partition coefficient (Wildman–Crippen LogP) is 3.56. The van der Waals surface area contributed by atoms with Crippen molar-refractivity contribution in [2.45, 2.75) is 19.4 Å². The van der Waals surface area contributed by atoms with Crippen molar-refractivity contribution in [3.05, 3.63) is 53.6 Å². The summed E-state index contributed by atoms with van der Waals surface area (Å²) in [6, 6.07) is 12.7. The van der Waals surface area contributed by atoms with Crippen molar-refractivity contribution >= 4 is 5.97 Å². The minimum atomic E-state index is -0.461. The summed E-state index contributed by atoms with van der Waals surface area (Å²) in [5.74, 6) is 3.86. The van der Waals surface area contributed by atoms with Crippen LogP contribution in [0.4, 0.5) is 0 Å². The summed E-state index contributed by atoms with van der Waals surface area (Å²) < 4.78 is 21.5. The van der Waals surface area contributed by atoms with Gasteiger partial charge < -0.3 is 18.9 Å². The number of para-hydroxylation sites is 1. The highest BCUT2D eigenvalue weighted by Crippen LogP contribution is 2.29. The number of terminal acetylenes is 1. The lowest BCUT2D eigenvalue weighted by molar-refractivity contribution is -0.147. The van der Waals surface area contributed by atoms with Gasteiger partial charge in [-0.3, -0.25) is 4.79 Å². The molecule has 0 N–H and O–H groups in total. The van der Waals surface area contributed by atoms with Crippen LogP contribution in [0, 0.1) is 12.3 Å². The number of hydrogen-bond acceptors (Lipinski definition) is 5. The molecule has 26 heavy (non-hydrogen) atoms. The van der Waals surface area contributed by atoms with Gasteiger partial charge in [0.1, 0.15) is 18.5 Å². The second-order valence-electron chi connectivity index (χ2n) is 5.53. The number of carbonyl (C=O) groups excluding carboxylic acids is 1. The normalized spacial score (nSPS) is 11.2. The van der Waals surface area contributed by atoms with E-state index >= 15 is 0 Å². The van der Waals surface area contributed by atoms with E-state index < -0.39 is 6.10 Å². The van der Waals surface area contributed by atoms with Crippen molar-refractivity contribution in [1.82, 2.24) is 0 Å². The lowest BCUT2D eigenvalue weighted by Crippen LogP contribution is -2.12. The Balaban J connectivity index is 2.05. The highest BCUT2D eigenvalue weighted by molar-refractivity contribution is 5.73. The lowest BCUT2D eigenvalue weighted by atomic mass is 10.1. The standard InChI is InChI=1S/C21H22O5/c1-5-12-25-18-9-7-6-8-17(18)15(2)26-21(22)14-16-10-11-19(23-3)20(13-16)24-4/h1,6-11,13,15H,12,14H2,2-4H3.